The first kappa shape index (κ1) is 68.2. The molecule has 0 saturated carbocycles. The van der Waals surface area contributed by atoms with E-state index in [2.05, 4.69) is 467 Å². The molecular weight excluding hydrogens is 1430 g/mol. The molecule has 0 atom stereocenters. The summed E-state index contributed by atoms with van der Waals surface area (Å²) in [6.07, 6.45) is 0. The van der Waals surface area contributed by atoms with E-state index in [1.165, 1.54) is 60.1 Å². The summed E-state index contributed by atoms with van der Waals surface area (Å²) >= 11 is 0. The fraction of sp³-hybridized carbons (Fsp3) is 0. The van der Waals surface area contributed by atoms with Crippen molar-refractivity contribution in [2.24, 2.45) is 0 Å². The number of ether oxygens (including phenoxy) is 1. The average molecular weight is 1500 g/mol. The van der Waals surface area contributed by atoms with E-state index < -0.39 is 0 Å². The molecule has 0 radical (unpaired) electrons. The maximum atomic E-state index is 8.20. The third-order valence-electron chi connectivity index (χ3n) is 24.4. The van der Waals surface area contributed by atoms with Crippen LogP contribution in [0, 0.1) is 0 Å². The van der Waals surface area contributed by atoms with Crippen molar-refractivity contribution in [3.8, 4) is 67.1 Å². The average Bonchev–Trinajstić information content (AvgIpc) is 0.683. The van der Waals surface area contributed by atoms with Gasteiger partial charge >= 0.3 is 0 Å². The van der Waals surface area contributed by atoms with Crippen molar-refractivity contribution in [2.75, 3.05) is 24.5 Å². The molecule has 0 aromatic heterocycles. The van der Waals surface area contributed by atoms with Gasteiger partial charge in [0.05, 0.1) is 22.7 Å². The molecule has 118 heavy (non-hydrogen) atoms. The predicted molar refractivity (Wildman–Crippen MR) is 498 cm³/mol. The molecule has 23 rings (SSSR count). The first-order chi connectivity index (χ1) is 58.6. The highest BCUT2D eigenvalue weighted by Gasteiger charge is 2.49. The van der Waals surface area contributed by atoms with Crippen molar-refractivity contribution >= 4 is 153 Å². The summed E-state index contributed by atoms with van der Waals surface area (Å²) in [5.41, 5.74) is 34.1. The molecule has 4 aliphatic rings. The van der Waals surface area contributed by atoms with Crippen LogP contribution in [-0.4, -0.2) is 13.4 Å². The van der Waals surface area contributed by atoms with Crippen LogP contribution in [0.1, 0.15) is 0 Å². The molecule has 0 spiro atoms. The standard InChI is InChI=1S/C110H73B2N5O/c1-9-36-74(37-10-1)86-52-29-32-61-97(86)114(81-48-21-7-22-49-81)85-70-103-109-105(71-85)118-104-73-100-95(72-96(104)112(109)94-60-31-34-63-99(94)116(103)83-66-64-78(65-67-83)107-91-55-27-25-53-89(91)106(77-42-15-4-16-43-77)90-54-26-28-56-92(90)107)111-93-59-30-33-62-98(93)115(82-50-23-8-24-51-82)101-68-84(113(79-44-17-5-18-45-79)80-46-19-6-20-47-80)69-102(108(101)111)117(100)110-87(75-38-11-2-12-39-75)57-35-58-88(110)76-40-13-3-14-41-76/h1-73H. The molecule has 0 aliphatic carbocycles. The molecule has 4 heterocycles. The van der Waals surface area contributed by atoms with E-state index in [-0.39, 0.29) is 13.4 Å². The third kappa shape index (κ3) is 11.1. The number of hydrogen-bond donors (Lipinski definition) is 0. The molecule has 19 aromatic rings. The molecule has 0 unspecified atom stereocenters. The van der Waals surface area contributed by atoms with Crippen LogP contribution in [0.3, 0.4) is 0 Å². The number of para-hydroxylation sites is 8. The molecule has 0 saturated heterocycles. The lowest BCUT2D eigenvalue weighted by atomic mass is 9.30. The topological polar surface area (TPSA) is 25.4 Å². The second-order valence-corrected chi connectivity index (χ2v) is 30.9. The minimum atomic E-state index is -0.305. The summed E-state index contributed by atoms with van der Waals surface area (Å²) in [5, 5.41) is 4.87. The number of fused-ring (bicyclic) bond motifs is 10. The van der Waals surface area contributed by atoms with Crippen LogP contribution in [0.5, 0.6) is 11.5 Å². The zero-order valence-corrected chi connectivity index (χ0v) is 64.4. The van der Waals surface area contributed by atoms with E-state index in [1.54, 1.807) is 0 Å². The Balaban J connectivity index is 0.802. The van der Waals surface area contributed by atoms with E-state index in [0.717, 1.165) is 147 Å². The quantitative estimate of drug-likeness (QED) is 0.0795. The van der Waals surface area contributed by atoms with Crippen LogP contribution in [0.25, 0.3) is 77.2 Å². The van der Waals surface area contributed by atoms with Crippen LogP contribution in [0.4, 0.5) is 85.3 Å². The number of benzene rings is 19. The van der Waals surface area contributed by atoms with Gasteiger partial charge in [-0.3, -0.25) is 0 Å². The molecule has 0 bridgehead atoms. The molecule has 0 amide bonds. The highest BCUT2D eigenvalue weighted by Crippen LogP contribution is 2.55. The fourth-order valence-electron chi connectivity index (χ4n) is 19.5. The number of anilines is 15. The lowest BCUT2D eigenvalue weighted by molar-refractivity contribution is 0.488. The molecule has 8 heteroatoms. The normalized spacial score (nSPS) is 12.6. The van der Waals surface area contributed by atoms with E-state index in [1.807, 2.05) is 0 Å². The van der Waals surface area contributed by atoms with Crippen molar-refractivity contribution in [3.63, 3.8) is 0 Å². The van der Waals surface area contributed by atoms with Crippen LogP contribution in [-0.2, 0) is 0 Å². The molecule has 0 fully saturated rings. The Hall–Kier alpha value is -15.4. The first-order valence-corrected chi connectivity index (χ1v) is 40.7. The molecule has 0 N–H and O–H groups in total. The number of nitrogens with zero attached hydrogens (tertiary/aromatic N) is 5. The highest BCUT2D eigenvalue weighted by molar-refractivity contribution is 7.02. The van der Waals surface area contributed by atoms with E-state index in [0.29, 0.717) is 0 Å². The molecule has 550 valence electrons. The molecule has 19 aromatic carbocycles. The van der Waals surface area contributed by atoms with Crippen molar-refractivity contribution in [1.82, 2.24) is 0 Å². The summed E-state index contributed by atoms with van der Waals surface area (Å²) in [6.45, 7) is -0.580. The summed E-state index contributed by atoms with van der Waals surface area (Å²) < 4.78 is 8.20. The van der Waals surface area contributed by atoms with Gasteiger partial charge in [0.15, 0.2) is 0 Å². The Morgan fingerprint density at radius 3 is 1.10 bits per heavy atom. The molecule has 6 nitrogen and oxygen atoms in total. The summed E-state index contributed by atoms with van der Waals surface area (Å²) in [5.74, 6) is 1.56. The zero-order valence-electron chi connectivity index (χ0n) is 64.4. The van der Waals surface area contributed by atoms with Gasteiger partial charge < -0.3 is 29.2 Å². The Kier molecular flexibility index (Phi) is 16.4. The Labute approximate surface area is 687 Å². The lowest BCUT2D eigenvalue weighted by Gasteiger charge is -2.46. The van der Waals surface area contributed by atoms with Gasteiger partial charge in [-0.1, -0.05) is 334 Å². The predicted octanol–water partition coefficient (Wildman–Crippen LogP) is 25.8. The van der Waals surface area contributed by atoms with E-state index >= 15 is 0 Å². The second kappa shape index (κ2) is 28.3. The maximum absolute atomic E-state index is 8.20. The van der Waals surface area contributed by atoms with Crippen LogP contribution in [0.2, 0.25) is 0 Å². The zero-order chi connectivity index (χ0) is 77.7. The van der Waals surface area contributed by atoms with Gasteiger partial charge in [-0.2, -0.15) is 0 Å². The second-order valence-electron chi connectivity index (χ2n) is 30.9. The van der Waals surface area contributed by atoms with Crippen molar-refractivity contribution < 1.29 is 4.74 Å². The van der Waals surface area contributed by atoms with Crippen LogP contribution in [0.15, 0.2) is 443 Å². The third-order valence-corrected chi connectivity index (χ3v) is 24.4. The van der Waals surface area contributed by atoms with Gasteiger partial charge in [0.2, 0.25) is 0 Å². The van der Waals surface area contributed by atoms with Crippen molar-refractivity contribution in [2.45, 2.75) is 0 Å². The Bertz CT molecular complexity index is 6950. The maximum Gasteiger partial charge on any atom is 0.256 e. The van der Waals surface area contributed by atoms with Gasteiger partial charge in [-0.15, -0.1) is 0 Å². The number of hydrogen-bond acceptors (Lipinski definition) is 6. The Morgan fingerprint density at radius 2 is 0.585 bits per heavy atom. The van der Waals surface area contributed by atoms with E-state index in [4.69, 9.17) is 4.74 Å². The minimum Gasteiger partial charge on any atom is -0.458 e. The van der Waals surface area contributed by atoms with Gasteiger partial charge in [0.1, 0.15) is 11.5 Å². The smallest absolute Gasteiger partial charge is 0.256 e. The first-order valence-electron chi connectivity index (χ1n) is 40.7. The van der Waals surface area contributed by atoms with Gasteiger partial charge in [0.25, 0.3) is 13.4 Å². The van der Waals surface area contributed by atoms with E-state index in [9.17, 15) is 0 Å². The number of rotatable bonds is 14. The Morgan fingerprint density at radius 1 is 0.212 bits per heavy atom. The lowest BCUT2D eigenvalue weighted by Crippen LogP contribution is -2.64. The summed E-state index contributed by atoms with van der Waals surface area (Å²) in [6, 6.07) is 163. The fourth-order valence-corrected chi connectivity index (χ4v) is 19.5. The van der Waals surface area contributed by atoms with Crippen LogP contribution >= 0.6 is 0 Å². The van der Waals surface area contributed by atoms with Gasteiger partial charge in [-0.25, -0.2) is 0 Å². The van der Waals surface area contributed by atoms with Gasteiger partial charge in [0, 0.05) is 91.4 Å². The molecular formula is C110H73B2N5O. The highest BCUT2D eigenvalue weighted by atomic mass is 16.5. The molecule has 4 aliphatic heterocycles. The van der Waals surface area contributed by atoms with Gasteiger partial charge in [-0.05, 0) is 190 Å². The summed E-state index contributed by atoms with van der Waals surface area (Å²) in [4.78, 5) is 12.5. The van der Waals surface area contributed by atoms with Crippen molar-refractivity contribution in [1.29, 1.82) is 0 Å². The minimum absolute atomic E-state index is 0.275. The monoisotopic (exact) mass is 1500 g/mol. The SMILES string of the molecule is c1ccc(-c2ccccc2N(c2ccccc2)c2cc3c4c(c2)N(c2ccc(-c5c6ccccc6c(-c6ccccc6)c6ccccc56)cc2)c2ccccc2B4c2cc4c(cc2O3)N(c2c(-c3ccccc3)cccc2-c2ccccc2)c2cc(N(c3ccccc3)c3ccccc3)cc3c2B4c2ccccc2N3c2ccccc2)cc1. The summed E-state index contributed by atoms with van der Waals surface area (Å²) in [7, 11) is 0. The van der Waals surface area contributed by atoms with Crippen molar-refractivity contribution in [3.05, 3.63) is 443 Å². The largest absolute Gasteiger partial charge is 0.458 e. The van der Waals surface area contributed by atoms with Crippen LogP contribution < -0.4 is 62.0 Å².